The summed E-state index contributed by atoms with van der Waals surface area (Å²) in [7, 11) is -6.21. The fraction of sp³-hybridized carbons (Fsp3) is 0.350. The van der Waals surface area contributed by atoms with Crippen LogP contribution in [0, 0.1) is 6.92 Å². The number of hydrogen-bond acceptors (Lipinski definition) is 9. The molecule has 5 N–H and O–H groups in total. The Morgan fingerprint density at radius 3 is 1.59 bits per heavy atom. The van der Waals surface area contributed by atoms with Gasteiger partial charge in [-0.25, -0.2) is 26.3 Å². The van der Waals surface area contributed by atoms with Gasteiger partial charge >= 0.3 is 11.9 Å². The van der Waals surface area contributed by atoms with E-state index >= 15 is 0 Å². The van der Waals surface area contributed by atoms with Crippen LogP contribution in [-0.4, -0.2) is 66.2 Å². The number of ether oxygens (including phenoxy) is 2. The number of rotatable bonds is 21. The minimum Gasteiger partial charge on any atom is -0.494 e. The van der Waals surface area contributed by atoms with Crippen molar-refractivity contribution in [3.63, 3.8) is 0 Å². The topological polar surface area (TPSA) is 191 Å². The molecule has 0 radical (unpaired) electrons. The molecule has 12 nitrogen and oxygen atoms in total. The number of nitrogens with two attached hydrogens (primary N) is 1. The van der Waals surface area contributed by atoms with Gasteiger partial charge in [-0.15, -0.1) is 0 Å². The third-order valence-corrected chi connectivity index (χ3v) is 10.8. The van der Waals surface area contributed by atoms with E-state index in [1.807, 2.05) is 37.3 Å². The minimum absolute atomic E-state index is 0.0444. The second-order valence-electron chi connectivity index (χ2n) is 12.8. The molecule has 0 amide bonds. The monoisotopic (exact) mass is 781 g/mol. The molecule has 2 atom stereocenters. The molecule has 0 saturated heterocycles. The number of aryl methyl sites for hydroxylation is 1. The summed E-state index contributed by atoms with van der Waals surface area (Å²) >= 11 is 0. The molecular weight excluding hydrogens is 731 g/mol. The van der Waals surface area contributed by atoms with Crippen LogP contribution in [0.1, 0.15) is 53.5 Å². The maximum Gasteiger partial charge on any atom is 0.324 e. The van der Waals surface area contributed by atoms with E-state index in [1.165, 1.54) is 7.11 Å². The predicted molar refractivity (Wildman–Crippen MR) is 210 cm³/mol. The Hall–Kier alpha value is -4.60. The highest BCUT2D eigenvalue weighted by Crippen LogP contribution is 2.16. The van der Waals surface area contributed by atoms with Crippen molar-refractivity contribution in [2.45, 2.75) is 69.0 Å². The van der Waals surface area contributed by atoms with Crippen LogP contribution in [0.3, 0.4) is 0 Å². The van der Waals surface area contributed by atoms with Gasteiger partial charge in [0.05, 0.1) is 25.2 Å². The second kappa shape index (κ2) is 22.6. The van der Waals surface area contributed by atoms with E-state index in [9.17, 15) is 31.5 Å². The summed E-state index contributed by atoms with van der Waals surface area (Å²) in [6.45, 7) is 3.28. The molecule has 4 aromatic carbocycles. The summed E-state index contributed by atoms with van der Waals surface area (Å²) in [5.74, 6) is -1.57. The van der Waals surface area contributed by atoms with Gasteiger partial charge in [-0.1, -0.05) is 115 Å². The third-order valence-electron chi connectivity index (χ3n) is 8.12. The van der Waals surface area contributed by atoms with Crippen LogP contribution in [0.5, 0.6) is 5.75 Å². The number of carbonyl (C=O) groups excluding carboxylic acids is 1. The highest BCUT2D eigenvalue weighted by Gasteiger charge is 2.26. The Morgan fingerprint density at radius 2 is 1.11 bits per heavy atom. The van der Waals surface area contributed by atoms with E-state index in [4.69, 9.17) is 15.2 Å². The Balaban J connectivity index is 0.000000297. The maximum atomic E-state index is 12.4. The Morgan fingerprint density at radius 1 is 0.648 bits per heavy atom. The van der Waals surface area contributed by atoms with Crippen molar-refractivity contribution < 1.29 is 41.0 Å². The molecule has 4 aromatic rings. The van der Waals surface area contributed by atoms with Gasteiger partial charge in [-0.3, -0.25) is 9.59 Å². The van der Waals surface area contributed by atoms with Crippen molar-refractivity contribution in [3.05, 3.63) is 137 Å². The molecule has 0 bridgehead atoms. The molecule has 0 aliphatic heterocycles. The number of benzene rings is 4. The molecule has 14 heteroatoms. The maximum absolute atomic E-state index is 12.4. The molecule has 0 heterocycles. The number of methoxy groups -OCH3 is 1. The van der Waals surface area contributed by atoms with Crippen molar-refractivity contribution in [2.75, 3.05) is 20.3 Å². The average molecular weight is 782 g/mol. The molecule has 2 unspecified atom stereocenters. The summed E-state index contributed by atoms with van der Waals surface area (Å²) in [6, 6.07) is 29.9. The summed E-state index contributed by atoms with van der Waals surface area (Å²) in [5.41, 5.74) is 9.38. The zero-order chi connectivity index (χ0) is 39.4. The molecule has 54 heavy (non-hydrogen) atoms. The van der Waals surface area contributed by atoms with Gasteiger partial charge < -0.3 is 20.3 Å². The van der Waals surface area contributed by atoms with Gasteiger partial charge in [-0.05, 0) is 73.5 Å². The van der Waals surface area contributed by atoms with Crippen LogP contribution in [0.2, 0.25) is 0 Å². The van der Waals surface area contributed by atoms with Crippen molar-refractivity contribution in [2.24, 2.45) is 5.73 Å². The SMILES string of the molecule is COC(=O)C(Cc1ccc(C)cc1)NS(=O)(=O)Cc1ccccc1.NCCCCCCOc1ccc(CC(NS(=O)(=O)Cc2ccccc2)C(=O)O)cc1. The number of sulfonamides is 2. The fourth-order valence-corrected chi connectivity index (χ4v) is 7.97. The quantitative estimate of drug-likeness (QED) is 0.0668. The lowest BCUT2D eigenvalue weighted by molar-refractivity contribution is -0.142. The van der Waals surface area contributed by atoms with Crippen molar-refractivity contribution in [3.8, 4) is 5.75 Å². The van der Waals surface area contributed by atoms with Crippen LogP contribution < -0.4 is 19.9 Å². The van der Waals surface area contributed by atoms with Crippen LogP contribution in [0.25, 0.3) is 0 Å². The fourth-order valence-electron chi connectivity index (χ4n) is 5.31. The highest BCUT2D eigenvalue weighted by atomic mass is 32.2. The summed E-state index contributed by atoms with van der Waals surface area (Å²) in [6.07, 6.45) is 4.42. The molecule has 0 spiro atoms. The summed E-state index contributed by atoms with van der Waals surface area (Å²) in [4.78, 5) is 23.6. The Bertz CT molecular complexity index is 1930. The molecule has 0 saturated carbocycles. The second-order valence-corrected chi connectivity index (χ2v) is 16.3. The number of carboxylic acids is 1. The normalized spacial score (nSPS) is 12.5. The lowest BCUT2D eigenvalue weighted by Gasteiger charge is -2.17. The largest absolute Gasteiger partial charge is 0.494 e. The molecule has 0 fully saturated rings. The summed E-state index contributed by atoms with van der Waals surface area (Å²) in [5, 5.41) is 9.46. The lowest BCUT2D eigenvalue weighted by atomic mass is 10.1. The van der Waals surface area contributed by atoms with Crippen molar-refractivity contribution >= 4 is 32.0 Å². The molecule has 292 valence electrons. The smallest absolute Gasteiger partial charge is 0.324 e. The number of unbranched alkanes of at least 4 members (excludes halogenated alkanes) is 3. The van der Waals surface area contributed by atoms with E-state index in [0.717, 1.165) is 36.8 Å². The molecular formula is C40H51N3O9S2. The van der Waals surface area contributed by atoms with Crippen LogP contribution in [0.15, 0.2) is 109 Å². The average Bonchev–Trinajstić information content (AvgIpc) is 3.14. The molecule has 0 aliphatic rings. The van der Waals surface area contributed by atoms with Gasteiger partial charge in [0, 0.05) is 0 Å². The highest BCUT2D eigenvalue weighted by molar-refractivity contribution is 7.89. The number of esters is 1. The first kappa shape index (κ1) is 43.8. The third kappa shape index (κ3) is 17.0. The van der Waals surface area contributed by atoms with Crippen molar-refractivity contribution in [1.82, 2.24) is 9.44 Å². The zero-order valence-corrected chi connectivity index (χ0v) is 32.4. The number of nitrogens with one attached hydrogen (secondary N) is 2. The molecule has 0 aliphatic carbocycles. The predicted octanol–water partition coefficient (Wildman–Crippen LogP) is 4.90. The van der Waals surface area contributed by atoms with Gasteiger partial charge in [0.2, 0.25) is 20.0 Å². The zero-order valence-electron chi connectivity index (χ0n) is 30.7. The standard InChI is InChI=1S/C22H30N2O5S.C18H21NO4S/c23-14-6-1-2-7-15-29-20-12-10-18(11-13-20)16-21(22(25)26)24-30(27,28)17-19-8-4-3-5-9-19;1-14-8-10-15(11-9-14)12-17(18(20)23-2)19-24(21,22)13-16-6-4-3-5-7-16/h3-5,8-13,21,24H,1-2,6-7,14-17,23H2,(H,25,26);3-11,17,19H,12-13H2,1-2H3. The van der Waals surface area contributed by atoms with E-state index in [2.05, 4.69) is 9.44 Å². The van der Waals surface area contributed by atoms with E-state index in [0.29, 0.717) is 35.6 Å². The van der Waals surface area contributed by atoms with Gasteiger partial charge in [0.1, 0.15) is 17.8 Å². The number of aliphatic carboxylic acids is 1. The first-order valence-electron chi connectivity index (χ1n) is 17.6. The van der Waals surface area contributed by atoms with E-state index in [-0.39, 0.29) is 24.3 Å². The van der Waals surface area contributed by atoms with E-state index < -0.39 is 44.1 Å². The minimum atomic E-state index is -3.79. The van der Waals surface area contributed by atoms with Crippen LogP contribution in [-0.2, 0) is 58.7 Å². The van der Waals surface area contributed by atoms with E-state index in [1.54, 1.807) is 78.9 Å². The van der Waals surface area contributed by atoms with Crippen LogP contribution in [0.4, 0.5) is 0 Å². The Labute approximate surface area is 319 Å². The molecule has 4 rings (SSSR count). The van der Waals surface area contributed by atoms with Gasteiger partial charge in [0.25, 0.3) is 0 Å². The molecule has 0 aromatic heterocycles. The first-order chi connectivity index (χ1) is 25.8. The van der Waals surface area contributed by atoms with Gasteiger partial charge in [-0.2, -0.15) is 0 Å². The lowest BCUT2D eigenvalue weighted by Crippen LogP contribution is -2.43. The number of carbonyl (C=O) groups is 2. The summed E-state index contributed by atoms with van der Waals surface area (Å²) < 4.78 is 64.6. The van der Waals surface area contributed by atoms with Crippen molar-refractivity contribution in [1.29, 1.82) is 0 Å². The number of hydrogen-bond donors (Lipinski definition) is 4. The van der Waals surface area contributed by atoms with Crippen LogP contribution >= 0.6 is 0 Å². The first-order valence-corrected chi connectivity index (χ1v) is 21.0. The van der Waals surface area contributed by atoms with Gasteiger partial charge in [0.15, 0.2) is 0 Å². The Kier molecular flexibility index (Phi) is 18.3. The number of carboxylic acid groups (broad SMARTS) is 1.